The molecule has 1 fully saturated rings. The van der Waals surface area contributed by atoms with E-state index < -0.39 is 0 Å². The van der Waals surface area contributed by atoms with Crippen LogP contribution in [0.15, 0.2) is 0 Å². The molecular weight excluding hydrogens is 170 g/mol. The Morgan fingerprint density at radius 1 is 1.21 bits per heavy atom. The second kappa shape index (κ2) is 4.65. The zero-order valence-electron chi connectivity index (χ0n) is 10.3. The van der Waals surface area contributed by atoms with E-state index in [1.807, 2.05) is 0 Å². The quantitative estimate of drug-likeness (QED) is 0.735. The van der Waals surface area contributed by atoms with Gasteiger partial charge in [0.2, 0.25) is 0 Å². The van der Waals surface area contributed by atoms with E-state index in [0.717, 1.165) is 11.8 Å². The highest BCUT2D eigenvalue weighted by Crippen LogP contribution is 2.38. The summed E-state index contributed by atoms with van der Waals surface area (Å²) in [6.07, 6.45) is 6.40. The van der Waals surface area contributed by atoms with Crippen LogP contribution in [-0.4, -0.2) is 5.54 Å². The summed E-state index contributed by atoms with van der Waals surface area (Å²) in [5.74, 6) is 2.46. The van der Waals surface area contributed by atoms with Gasteiger partial charge in [-0.2, -0.15) is 0 Å². The van der Waals surface area contributed by atoms with E-state index in [1.165, 1.54) is 32.1 Å². The molecule has 1 aliphatic carbocycles. The molecule has 0 radical (unpaired) electrons. The first-order chi connectivity index (χ1) is 6.49. The van der Waals surface area contributed by atoms with E-state index >= 15 is 0 Å². The van der Waals surface area contributed by atoms with Crippen molar-refractivity contribution in [2.45, 2.75) is 65.3 Å². The van der Waals surface area contributed by atoms with Crippen molar-refractivity contribution in [3.63, 3.8) is 0 Å². The van der Waals surface area contributed by atoms with Crippen molar-refractivity contribution in [3.8, 4) is 0 Å². The lowest BCUT2D eigenvalue weighted by molar-refractivity contribution is 0.145. The Kier molecular flexibility index (Phi) is 4.00. The van der Waals surface area contributed by atoms with Gasteiger partial charge in [-0.25, -0.2) is 0 Å². The Balaban J connectivity index is 2.48. The summed E-state index contributed by atoms with van der Waals surface area (Å²) in [7, 11) is 0. The van der Waals surface area contributed by atoms with Crippen LogP contribution in [0, 0.1) is 17.8 Å². The molecule has 2 N–H and O–H groups in total. The number of nitrogens with two attached hydrogens (primary N) is 1. The fraction of sp³-hybridized carbons (Fsp3) is 1.00. The highest BCUT2D eigenvalue weighted by Gasteiger charge is 2.35. The molecule has 1 unspecified atom stereocenters. The summed E-state index contributed by atoms with van der Waals surface area (Å²) < 4.78 is 0. The fourth-order valence-corrected chi connectivity index (χ4v) is 2.74. The largest absolute Gasteiger partial charge is 0.325 e. The van der Waals surface area contributed by atoms with Crippen LogP contribution in [-0.2, 0) is 0 Å². The summed E-state index contributed by atoms with van der Waals surface area (Å²) >= 11 is 0. The van der Waals surface area contributed by atoms with E-state index in [0.29, 0.717) is 5.92 Å². The van der Waals surface area contributed by atoms with Crippen molar-refractivity contribution in [1.29, 1.82) is 0 Å². The first kappa shape index (κ1) is 12.0. The molecule has 1 aliphatic rings. The molecule has 0 aromatic rings. The predicted octanol–water partition coefficient (Wildman–Crippen LogP) is 3.58. The van der Waals surface area contributed by atoms with Crippen molar-refractivity contribution in [2.75, 3.05) is 0 Å². The lowest BCUT2D eigenvalue weighted by atomic mass is 9.68. The molecule has 0 bridgehead atoms. The van der Waals surface area contributed by atoms with Crippen LogP contribution >= 0.6 is 0 Å². The average molecular weight is 197 g/mol. The molecule has 1 nitrogen and oxygen atoms in total. The molecule has 14 heavy (non-hydrogen) atoms. The van der Waals surface area contributed by atoms with Crippen LogP contribution < -0.4 is 5.73 Å². The molecule has 0 saturated heterocycles. The molecule has 0 spiro atoms. The Morgan fingerprint density at radius 3 is 2.07 bits per heavy atom. The Labute approximate surface area is 89.5 Å². The topological polar surface area (TPSA) is 26.0 Å². The van der Waals surface area contributed by atoms with Gasteiger partial charge in [-0.3, -0.25) is 0 Å². The molecule has 0 amide bonds. The molecule has 0 heterocycles. The Hall–Kier alpha value is -0.0400. The third-order valence-electron chi connectivity index (χ3n) is 4.50. The minimum Gasteiger partial charge on any atom is -0.325 e. The normalized spacial score (nSPS) is 36.0. The summed E-state index contributed by atoms with van der Waals surface area (Å²) in [5, 5.41) is 0. The highest BCUT2D eigenvalue weighted by atomic mass is 14.8. The van der Waals surface area contributed by atoms with Crippen molar-refractivity contribution in [3.05, 3.63) is 0 Å². The number of hydrogen-bond acceptors (Lipinski definition) is 1. The van der Waals surface area contributed by atoms with Crippen LogP contribution in [0.25, 0.3) is 0 Å². The van der Waals surface area contributed by atoms with Gasteiger partial charge in [-0.15, -0.1) is 0 Å². The minimum absolute atomic E-state index is 0.153. The number of hydrogen-bond donors (Lipinski definition) is 1. The third kappa shape index (κ3) is 2.50. The van der Waals surface area contributed by atoms with Crippen LogP contribution in [0.2, 0.25) is 0 Å². The maximum absolute atomic E-state index is 6.48. The number of rotatable bonds is 3. The Morgan fingerprint density at radius 2 is 1.71 bits per heavy atom. The maximum Gasteiger partial charge on any atom is 0.0180 e. The summed E-state index contributed by atoms with van der Waals surface area (Å²) in [4.78, 5) is 0. The van der Waals surface area contributed by atoms with Crippen molar-refractivity contribution in [1.82, 2.24) is 0 Å². The molecule has 1 atom stereocenters. The van der Waals surface area contributed by atoms with Crippen molar-refractivity contribution in [2.24, 2.45) is 23.5 Å². The van der Waals surface area contributed by atoms with Crippen LogP contribution in [0.1, 0.15) is 59.8 Å². The van der Waals surface area contributed by atoms with Gasteiger partial charge in [0.1, 0.15) is 0 Å². The predicted molar refractivity (Wildman–Crippen MR) is 63.2 cm³/mol. The summed E-state index contributed by atoms with van der Waals surface area (Å²) in [6, 6.07) is 0. The van der Waals surface area contributed by atoms with Gasteiger partial charge in [-0.05, 0) is 43.4 Å². The molecule has 84 valence electrons. The summed E-state index contributed by atoms with van der Waals surface area (Å²) in [6.45, 7) is 9.26. The van der Waals surface area contributed by atoms with Gasteiger partial charge >= 0.3 is 0 Å². The average Bonchev–Trinajstić information content (AvgIpc) is 2.17. The molecule has 1 heteroatoms. The van der Waals surface area contributed by atoms with E-state index in [4.69, 9.17) is 5.73 Å². The lowest BCUT2D eigenvalue weighted by Crippen LogP contribution is -2.49. The van der Waals surface area contributed by atoms with Gasteiger partial charge in [0, 0.05) is 5.54 Å². The lowest BCUT2D eigenvalue weighted by Gasteiger charge is -2.42. The molecule has 1 rings (SSSR count). The molecule has 0 aromatic carbocycles. The highest BCUT2D eigenvalue weighted by molar-refractivity contribution is 4.93. The van der Waals surface area contributed by atoms with E-state index in [-0.39, 0.29) is 5.54 Å². The standard InChI is InChI=1S/C13H27N/c1-5-11(4)13(14)8-6-12(7-9-13)10(2)3/h10-12H,5-9,14H2,1-4H3. The zero-order chi connectivity index (χ0) is 10.8. The van der Waals surface area contributed by atoms with E-state index in [2.05, 4.69) is 27.7 Å². The molecule has 0 aromatic heterocycles. The SMILES string of the molecule is CCC(C)C1(N)CCC(C(C)C)CC1. The van der Waals surface area contributed by atoms with Gasteiger partial charge in [0.25, 0.3) is 0 Å². The van der Waals surface area contributed by atoms with E-state index in [1.54, 1.807) is 0 Å². The smallest absolute Gasteiger partial charge is 0.0180 e. The monoisotopic (exact) mass is 197 g/mol. The first-order valence-corrected chi connectivity index (χ1v) is 6.28. The Bertz CT molecular complexity index is 166. The third-order valence-corrected chi connectivity index (χ3v) is 4.50. The van der Waals surface area contributed by atoms with Gasteiger partial charge in [-0.1, -0.05) is 34.1 Å². The molecular formula is C13H27N. The van der Waals surface area contributed by atoms with Crippen molar-refractivity contribution < 1.29 is 0 Å². The van der Waals surface area contributed by atoms with E-state index in [9.17, 15) is 0 Å². The second-order valence-corrected chi connectivity index (χ2v) is 5.62. The molecule has 0 aliphatic heterocycles. The molecule has 1 saturated carbocycles. The van der Waals surface area contributed by atoms with Gasteiger partial charge in [0.05, 0.1) is 0 Å². The van der Waals surface area contributed by atoms with Gasteiger partial charge in [0.15, 0.2) is 0 Å². The van der Waals surface area contributed by atoms with Gasteiger partial charge < -0.3 is 5.73 Å². The van der Waals surface area contributed by atoms with Crippen LogP contribution in [0.3, 0.4) is 0 Å². The first-order valence-electron chi connectivity index (χ1n) is 6.28. The second-order valence-electron chi connectivity index (χ2n) is 5.62. The minimum atomic E-state index is 0.153. The zero-order valence-corrected chi connectivity index (χ0v) is 10.3. The van der Waals surface area contributed by atoms with Crippen molar-refractivity contribution >= 4 is 0 Å². The summed E-state index contributed by atoms with van der Waals surface area (Å²) in [5.41, 5.74) is 6.63. The maximum atomic E-state index is 6.48. The van der Waals surface area contributed by atoms with Crippen LogP contribution in [0.4, 0.5) is 0 Å². The van der Waals surface area contributed by atoms with Crippen LogP contribution in [0.5, 0.6) is 0 Å². The fourth-order valence-electron chi connectivity index (χ4n) is 2.74.